The van der Waals surface area contributed by atoms with Crippen molar-refractivity contribution in [3.63, 3.8) is 0 Å². The van der Waals surface area contributed by atoms with Crippen LogP contribution in [0.3, 0.4) is 0 Å². The number of pyridine rings is 1. The van der Waals surface area contributed by atoms with Crippen molar-refractivity contribution in [3.8, 4) is 11.1 Å². The summed E-state index contributed by atoms with van der Waals surface area (Å²) in [6, 6.07) is 31.8. The zero-order chi connectivity index (χ0) is 28.3. The van der Waals surface area contributed by atoms with E-state index < -0.39 is 5.97 Å². The molecule has 5 heteroatoms. The van der Waals surface area contributed by atoms with Crippen LogP contribution < -0.4 is 5.43 Å². The number of carboxylic acid groups (broad SMARTS) is 1. The molecule has 1 N–H and O–H groups in total. The number of carboxylic acids is 1. The predicted octanol–water partition coefficient (Wildman–Crippen LogP) is 7.76. The number of unbranched alkanes of at least 4 members (excludes halogenated alkanes) is 1. The van der Waals surface area contributed by atoms with Crippen LogP contribution in [0.25, 0.3) is 32.9 Å². The van der Waals surface area contributed by atoms with Gasteiger partial charge in [-0.1, -0.05) is 80.1 Å². The molecular formula is C36H32N2O3. The van der Waals surface area contributed by atoms with Gasteiger partial charge in [0.15, 0.2) is 5.43 Å². The van der Waals surface area contributed by atoms with E-state index in [2.05, 4.69) is 64.7 Å². The van der Waals surface area contributed by atoms with E-state index in [1.807, 2.05) is 48.7 Å². The van der Waals surface area contributed by atoms with Crippen LogP contribution in [0.4, 0.5) is 0 Å². The quantitative estimate of drug-likeness (QED) is 0.204. The number of nitrogens with zero attached hydrogens (tertiary/aromatic N) is 2. The lowest BCUT2D eigenvalue weighted by molar-refractivity contribution is 0.0697. The first-order valence-electron chi connectivity index (χ1n) is 14.1. The Hall–Kier alpha value is -4.90. The van der Waals surface area contributed by atoms with E-state index in [1.165, 1.54) is 10.9 Å². The molecule has 0 unspecified atom stereocenters. The van der Waals surface area contributed by atoms with Gasteiger partial charge in [-0.3, -0.25) is 4.79 Å². The Balaban J connectivity index is 1.36. The zero-order valence-corrected chi connectivity index (χ0v) is 23.1. The maximum Gasteiger partial charge on any atom is 0.336 e. The van der Waals surface area contributed by atoms with Crippen LogP contribution in [-0.2, 0) is 19.5 Å². The van der Waals surface area contributed by atoms with Crippen molar-refractivity contribution in [1.29, 1.82) is 0 Å². The summed E-state index contributed by atoms with van der Waals surface area (Å²) >= 11 is 0. The molecule has 0 aliphatic rings. The number of aromatic nitrogens is 2. The van der Waals surface area contributed by atoms with Crippen molar-refractivity contribution in [2.45, 2.75) is 39.3 Å². The number of carbonyl (C=O) groups is 1. The molecule has 0 aliphatic heterocycles. The van der Waals surface area contributed by atoms with Crippen molar-refractivity contribution in [2.75, 3.05) is 0 Å². The normalized spacial score (nSPS) is 11.3. The third-order valence-corrected chi connectivity index (χ3v) is 7.83. The molecule has 6 aromatic rings. The van der Waals surface area contributed by atoms with Crippen molar-refractivity contribution in [2.24, 2.45) is 0 Å². The molecule has 0 aliphatic carbocycles. The highest BCUT2D eigenvalue weighted by atomic mass is 16.4. The van der Waals surface area contributed by atoms with E-state index in [9.17, 15) is 14.7 Å². The minimum Gasteiger partial charge on any atom is -0.478 e. The van der Waals surface area contributed by atoms with Crippen molar-refractivity contribution >= 4 is 27.8 Å². The van der Waals surface area contributed by atoms with Gasteiger partial charge in [0.2, 0.25) is 0 Å². The highest BCUT2D eigenvalue weighted by molar-refractivity contribution is 5.96. The highest BCUT2D eigenvalue weighted by Gasteiger charge is 2.13. The molecule has 0 saturated heterocycles. The molecule has 0 radical (unpaired) electrons. The second-order valence-corrected chi connectivity index (χ2v) is 10.6. The molecule has 0 bridgehead atoms. The van der Waals surface area contributed by atoms with E-state index >= 15 is 0 Å². The third-order valence-electron chi connectivity index (χ3n) is 7.83. The van der Waals surface area contributed by atoms with Gasteiger partial charge in [-0.15, -0.1) is 0 Å². The van der Waals surface area contributed by atoms with Crippen LogP contribution in [0.15, 0.2) is 114 Å². The summed E-state index contributed by atoms with van der Waals surface area (Å²) in [7, 11) is 0. The van der Waals surface area contributed by atoms with E-state index in [1.54, 1.807) is 12.1 Å². The Bertz CT molecular complexity index is 1930. The number of benzene rings is 4. The van der Waals surface area contributed by atoms with Gasteiger partial charge in [0.1, 0.15) is 0 Å². The number of rotatable bonds is 9. The monoisotopic (exact) mass is 540 g/mol. The summed E-state index contributed by atoms with van der Waals surface area (Å²) in [6.07, 6.45) is 6.87. The minimum atomic E-state index is -0.937. The second-order valence-electron chi connectivity index (χ2n) is 10.6. The highest BCUT2D eigenvalue weighted by Crippen LogP contribution is 2.25. The average Bonchev–Trinajstić information content (AvgIpc) is 3.41. The fourth-order valence-corrected chi connectivity index (χ4v) is 5.66. The Morgan fingerprint density at radius 2 is 1.51 bits per heavy atom. The third kappa shape index (κ3) is 5.31. The first-order chi connectivity index (χ1) is 20.0. The number of aromatic carboxylic acids is 1. The topological polar surface area (TPSA) is 64.2 Å². The number of hydrogen-bond acceptors (Lipinski definition) is 2. The fraction of sp³-hybridized carbons (Fsp3) is 0.167. The molecule has 2 aromatic heterocycles. The van der Waals surface area contributed by atoms with E-state index in [4.69, 9.17) is 0 Å². The Kier molecular flexibility index (Phi) is 7.26. The Labute approximate surface area is 238 Å². The van der Waals surface area contributed by atoms with Crippen LogP contribution in [-0.4, -0.2) is 20.2 Å². The number of aryl methyl sites for hydroxylation is 1. The van der Waals surface area contributed by atoms with Crippen LogP contribution in [0.1, 0.15) is 46.8 Å². The van der Waals surface area contributed by atoms with Crippen LogP contribution in [0, 0.1) is 0 Å². The average molecular weight is 541 g/mol. The largest absolute Gasteiger partial charge is 0.478 e. The molecular weight excluding hydrogens is 508 g/mol. The summed E-state index contributed by atoms with van der Waals surface area (Å²) in [5.41, 5.74) is 7.07. The number of hydrogen-bond donors (Lipinski definition) is 1. The van der Waals surface area contributed by atoms with Crippen LogP contribution in [0.2, 0.25) is 0 Å². The SMILES string of the molecule is CCCCc1cn(Cc2ccc(-c3ccccc3C(=O)O)cc2)c2ccc(Cn3ccc4ccccc43)cc2c1=O. The molecule has 0 saturated carbocycles. The van der Waals surface area contributed by atoms with E-state index in [-0.39, 0.29) is 11.0 Å². The van der Waals surface area contributed by atoms with Gasteiger partial charge >= 0.3 is 5.97 Å². The summed E-state index contributed by atoms with van der Waals surface area (Å²) in [5, 5.41) is 11.5. The first kappa shape index (κ1) is 26.3. The zero-order valence-electron chi connectivity index (χ0n) is 23.1. The molecule has 0 fully saturated rings. The maximum atomic E-state index is 13.6. The summed E-state index contributed by atoms with van der Waals surface area (Å²) in [6.45, 7) is 3.45. The summed E-state index contributed by atoms with van der Waals surface area (Å²) in [4.78, 5) is 25.3. The molecule has 2 heterocycles. The van der Waals surface area contributed by atoms with Gasteiger partial charge < -0.3 is 14.2 Å². The molecule has 0 amide bonds. The molecule has 0 spiro atoms. The smallest absolute Gasteiger partial charge is 0.336 e. The van der Waals surface area contributed by atoms with Crippen LogP contribution >= 0.6 is 0 Å². The molecule has 204 valence electrons. The van der Waals surface area contributed by atoms with Crippen molar-refractivity contribution in [1.82, 2.24) is 9.13 Å². The molecule has 4 aromatic carbocycles. The molecule has 0 atom stereocenters. The fourth-order valence-electron chi connectivity index (χ4n) is 5.66. The number of para-hydroxylation sites is 1. The van der Waals surface area contributed by atoms with Gasteiger partial charge in [0, 0.05) is 41.9 Å². The second kappa shape index (κ2) is 11.3. The Morgan fingerprint density at radius 1 is 0.780 bits per heavy atom. The molecule has 41 heavy (non-hydrogen) atoms. The first-order valence-corrected chi connectivity index (χ1v) is 14.1. The summed E-state index contributed by atoms with van der Waals surface area (Å²) < 4.78 is 4.40. The summed E-state index contributed by atoms with van der Waals surface area (Å²) in [5.74, 6) is -0.937. The van der Waals surface area contributed by atoms with Gasteiger partial charge in [-0.05, 0) is 70.8 Å². The van der Waals surface area contributed by atoms with Gasteiger partial charge in [0.25, 0.3) is 0 Å². The van der Waals surface area contributed by atoms with Crippen molar-refractivity contribution < 1.29 is 9.90 Å². The van der Waals surface area contributed by atoms with Gasteiger partial charge in [0.05, 0.1) is 11.1 Å². The molecule has 5 nitrogen and oxygen atoms in total. The Morgan fingerprint density at radius 3 is 2.32 bits per heavy atom. The lowest BCUT2D eigenvalue weighted by Gasteiger charge is -2.16. The van der Waals surface area contributed by atoms with Gasteiger partial charge in [-0.2, -0.15) is 0 Å². The lowest BCUT2D eigenvalue weighted by atomic mass is 9.98. The maximum absolute atomic E-state index is 13.6. The van der Waals surface area contributed by atoms with Gasteiger partial charge in [-0.25, -0.2) is 4.79 Å². The molecule has 6 rings (SSSR count). The van der Waals surface area contributed by atoms with Crippen LogP contribution in [0.5, 0.6) is 0 Å². The van der Waals surface area contributed by atoms with Crippen molar-refractivity contribution in [3.05, 3.63) is 142 Å². The minimum absolute atomic E-state index is 0.115. The predicted molar refractivity (Wildman–Crippen MR) is 166 cm³/mol. The van der Waals surface area contributed by atoms with E-state index in [0.717, 1.165) is 52.4 Å². The number of fused-ring (bicyclic) bond motifs is 2. The lowest BCUT2D eigenvalue weighted by Crippen LogP contribution is -2.16. The standard InChI is InChI=1S/C36H32N2O3/c1-2-3-8-29-24-38(22-25-13-16-27(17-14-25)30-10-5-6-11-31(30)36(40)41)34-18-15-26(21-32(34)35(29)39)23-37-20-19-28-9-4-7-12-33(28)37/h4-7,9-21,24H,2-3,8,22-23H2,1H3,(H,40,41). The van der Waals surface area contributed by atoms with E-state index in [0.29, 0.717) is 18.7 Å².